The van der Waals surface area contributed by atoms with Gasteiger partial charge in [-0.25, -0.2) is 0 Å². The van der Waals surface area contributed by atoms with Gasteiger partial charge < -0.3 is 14.7 Å². The van der Waals surface area contributed by atoms with Crippen LogP contribution in [-0.4, -0.2) is 18.8 Å². The number of methoxy groups -OCH3 is 1. The van der Waals surface area contributed by atoms with Crippen LogP contribution in [0.4, 0.5) is 11.4 Å². The van der Waals surface area contributed by atoms with E-state index in [0.717, 1.165) is 29.2 Å². The lowest BCUT2D eigenvalue weighted by Crippen LogP contribution is -2.19. The van der Waals surface area contributed by atoms with Crippen molar-refractivity contribution in [3.63, 3.8) is 0 Å². The molecule has 0 aliphatic heterocycles. The first-order chi connectivity index (χ1) is 10.1. The molecule has 0 fully saturated rings. The van der Waals surface area contributed by atoms with Crippen molar-refractivity contribution in [2.24, 2.45) is 0 Å². The Kier molecular flexibility index (Phi) is 4.86. The Morgan fingerprint density at radius 3 is 2.33 bits per heavy atom. The standard InChI is InChI=1S/C18H23NO2/c1-5-19(15-10-7-6-9-13(15)2)16-11-8-12-17(21-4)18(16)14(3)20/h6-12,14,20H,5H2,1-4H3. The summed E-state index contributed by atoms with van der Waals surface area (Å²) in [6.07, 6.45) is -0.589. The zero-order valence-corrected chi connectivity index (χ0v) is 13.1. The van der Waals surface area contributed by atoms with Gasteiger partial charge >= 0.3 is 0 Å². The van der Waals surface area contributed by atoms with Crippen LogP contribution in [0.25, 0.3) is 0 Å². The summed E-state index contributed by atoms with van der Waals surface area (Å²) in [5.74, 6) is 0.717. The fourth-order valence-electron chi connectivity index (χ4n) is 2.70. The first-order valence-electron chi connectivity index (χ1n) is 7.28. The zero-order chi connectivity index (χ0) is 15.4. The van der Waals surface area contributed by atoms with Crippen LogP contribution in [0.5, 0.6) is 5.75 Å². The molecule has 0 aliphatic carbocycles. The molecule has 0 aromatic heterocycles. The maximum absolute atomic E-state index is 10.2. The minimum Gasteiger partial charge on any atom is -0.496 e. The quantitative estimate of drug-likeness (QED) is 0.893. The van der Waals surface area contributed by atoms with Crippen LogP contribution in [0.3, 0.4) is 0 Å². The average Bonchev–Trinajstić information content (AvgIpc) is 2.49. The van der Waals surface area contributed by atoms with E-state index in [1.54, 1.807) is 14.0 Å². The second-order valence-corrected chi connectivity index (χ2v) is 5.10. The number of benzene rings is 2. The first kappa shape index (κ1) is 15.4. The molecule has 0 heterocycles. The van der Waals surface area contributed by atoms with Gasteiger partial charge in [-0.15, -0.1) is 0 Å². The Morgan fingerprint density at radius 1 is 1.10 bits per heavy atom. The van der Waals surface area contributed by atoms with Crippen molar-refractivity contribution in [1.29, 1.82) is 0 Å². The molecule has 0 spiro atoms. The molecule has 3 nitrogen and oxygen atoms in total. The van der Waals surface area contributed by atoms with Gasteiger partial charge in [-0.05, 0) is 44.5 Å². The highest BCUT2D eigenvalue weighted by atomic mass is 16.5. The number of aliphatic hydroxyl groups excluding tert-OH is 1. The smallest absolute Gasteiger partial charge is 0.126 e. The van der Waals surface area contributed by atoms with Crippen molar-refractivity contribution in [2.75, 3.05) is 18.6 Å². The van der Waals surface area contributed by atoms with E-state index in [0.29, 0.717) is 0 Å². The summed E-state index contributed by atoms with van der Waals surface area (Å²) in [6, 6.07) is 14.1. The molecule has 112 valence electrons. The van der Waals surface area contributed by atoms with E-state index in [4.69, 9.17) is 4.74 Å². The normalized spacial score (nSPS) is 12.0. The monoisotopic (exact) mass is 285 g/mol. The molecule has 0 aliphatic rings. The molecular formula is C18H23NO2. The Bertz CT molecular complexity index is 608. The number of nitrogens with zero attached hydrogens (tertiary/aromatic N) is 1. The number of aryl methyl sites for hydroxylation is 1. The van der Waals surface area contributed by atoms with Crippen LogP contribution in [0, 0.1) is 6.92 Å². The number of hydrogen-bond donors (Lipinski definition) is 1. The van der Waals surface area contributed by atoms with E-state index < -0.39 is 6.10 Å². The minimum atomic E-state index is -0.589. The third-order valence-electron chi connectivity index (χ3n) is 3.69. The summed E-state index contributed by atoms with van der Waals surface area (Å²) in [4.78, 5) is 2.21. The molecule has 0 saturated heterocycles. The molecule has 0 bridgehead atoms. The molecule has 1 unspecified atom stereocenters. The summed E-state index contributed by atoms with van der Waals surface area (Å²) in [5, 5.41) is 10.2. The lowest BCUT2D eigenvalue weighted by molar-refractivity contribution is 0.195. The van der Waals surface area contributed by atoms with E-state index in [-0.39, 0.29) is 0 Å². The van der Waals surface area contributed by atoms with Gasteiger partial charge in [0.25, 0.3) is 0 Å². The van der Waals surface area contributed by atoms with Crippen molar-refractivity contribution in [1.82, 2.24) is 0 Å². The van der Waals surface area contributed by atoms with Crippen LogP contribution in [0.15, 0.2) is 42.5 Å². The lowest BCUT2D eigenvalue weighted by atomic mass is 10.0. The number of anilines is 2. The Labute approximate surface area is 126 Å². The van der Waals surface area contributed by atoms with Crippen molar-refractivity contribution < 1.29 is 9.84 Å². The predicted octanol–water partition coefficient (Wildman–Crippen LogP) is 4.21. The summed E-state index contributed by atoms with van der Waals surface area (Å²) < 4.78 is 5.42. The zero-order valence-electron chi connectivity index (χ0n) is 13.1. The van der Waals surface area contributed by atoms with Crippen LogP contribution >= 0.6 is 0 Å². The average molecular weight is 285 g/mol. The molecule has 1 atom stereocenters. The van der Waals surface area contributed by atoms with Crippen LogP contribution in [0.1, 0.15) is 31.1 Å². The fraction of sp³-hybridized carbons (Fsp3) is 0.333. The highest BCUT2D eigenvalue weighted by molar-refractivity contribution is 5.71. The van der Waals surface area contributed by atoms with Crippen LogP contribution in [0.2, 0.25) is 0 Å². The predicted molar refractivity (Wildman–Crippen MR) is 87.5 cm³/mol. The van der Waals surface area contributed by atoms with Crippen molar-refractivity contribution in [3.05, 3.63) is 53.6 Å². The largest absolute Gasteiger partial charge is 0.496 e. The molecule has 21 heavy (non-hydrogen) atoms. The summed E-state index contributed by atoms with van der Waals surface area (Å²) >= 11 is 0. The molecule has 0 saturated carbocycles. The van der Waals surface area contributed by atoms with Gasteiger partial charge in [-0.1, -0.05) is 24.3 Å². The second-order valence-electron chi connectivity index (χ2n) is 5.10. The molecule has 2 aromatic rings. The van der Waals surface area contributed by atoms with Gasteiger partial charge in [-0.2, -0.15) is 0 Å². The van der Waals surface area contributed by atoms with E-state index in [9.17, 15) is 5.11 Å². The molecule has 3 heteroatoms. The second kappa shape index (κ2) is 6.64. The Morgan fingerprint density at radius 2 is 1.76 bits per heavy atom. The van der Waals surface area contributed by atoms with Crippen LogP contribution in [-0.2, 0) is 0 Å². The van der Waals surface area contributed by atoms with Gasteiger partial charge in [0.05, 0.1) is 18.9 Å². The first-order valence-corrected chi connectivity index (χ1v) is 7.28. The van der Waals surface area contributed by atoms with Crippen molar-refractivity contribution in [3.8, 4) is 5.75 Å². The molecule has 0 radical (unpaired) electrons. The maximum atomic E-state index is 10.2. The fourth-order valence-corrected chi connectivity index (χ4v) is 2.70. The van der Waals surface area contributed by atoms with Crippen molar-refractivity contribution >= 4 is 11.4 Å². The SMILES string of the molecule is CCN(c1ccccc1C)c1cccc(OC)c1C(C)O. The van der Waals surface area contributed by atoms with Gasteiger partial charge in [-0.3, -0.25) is 0 Å². The molecule has 1 N–H and O–H groups in total. The van der Waals surface area contributed by atoms with Gasteiger partial charge in [0.1, 0.15) is 5.75 Å². The van der Waals surface area contributed by atoms with E-state index >= 15 is 0 Å². The van der Waals surface area contributed by atoms with Crippen LogP contribution < -0.4 is 9.64 Å². The highest BCUT2D eigenvalue weighted by Crippen LogP contribution is 2.38. The molecular weight excluding hydrogens is 262 g/mol. The third kappa shape index (κ3) is 3.03. The topological polar surface area (TPSA) is 32.7 Å². The van der Waals surface area contributed by atoms with E-state index in [1.165, 1.54) is 5.56 Å². The summed E-state index contributed by atoms with van der Waals surface area (Å²) in [5.41, 5.74) is 4.17. The maximum Gasteiger partial charge on any atom is 0.126 e. The molecule has 2 aromatic carbocycles. The molecule has 2 rings (SSSR count). The van der Waals surface area contributed by atoms with Crippen molar-refractivity contribution in [2.45, 2.75) is 26.9 Å². The number of hydrogen-bond acceptors (Lipinski definition) is 3. The number of ether oxygens (including phenoxy) is 1. The Hall–Kier alpha value is -2.00. The lowest BCUT2D eigenvalue weighted by Gasteiger charge is -2.29. The van der Waals surface area contributed by atoms with E-state index in [2.05, 4.69) is 30.9 Å². The van der Waals surface area contributed by atoms with Gasteiger partial charge in [0, 0.05) is 17.8 Å². The van der Waals surface area contributed by atoms with Gasteiger partial charge in [0.15, 0.2) is 0 Å². The van der Waals surface area contributed by atoms with E-state index in [1.807, 2.05) is 30.3 Å². The summed E-state index contributed by atoms with van der Waals surface area (Å²) in [7, 11) is 1.63. The number of para-hydroxylation sites is 1. The highest BCUT2D eigenvalue weighted by Gasteiger charge is 2.19. The molecule has 0 amide bonds. The summed E-state index contributed by atoms with van der Waals surface area (Å²) in [6.45, 7) is 6.79. The number of rotatable bonds is 5. The minimum absolute atomic E-state index is 0.589. The Balaban J connectivity index is 2.61. The number of aliphatic hydroxyl groups is 1. The van der Waals surface area contributed by atoms with Gasteiger partial charge in [0.2, 0.25) is 0 Å². The third-order valence-corrected chi connectivity index (χ3v) is 3.69.